The van der Waals surface area contributed by atoms with Gasteiger partial charge in [-0.25, -0.2) is 18.4 Å². The summed E-state index contributed by atoms with van der Waals surface area (Å²) in [5.74, 6) is -0.0894. The molecular weight excluding hydrogens is 222 g/mol. The molecule has 1 rings (SSSR count). The predicted molar refractivity (Wildman–Crippen MR) is 53.9 cm³/mol. The monoisotopic (exact) mass is 233 g/mol. The lowest BCUT2D eigenvalue weighted by Crippen LogP contribution is -2.14. The predicted octanol–water partition coefficient (Wildman–Crippen LogP) is 0.698. The third-order valence-electron chi connectivity index (χ3n) is 1.21. The molecule has 6 nitrogen and oxygen atoms in total. The van der Waals surface area contributed by atoms with Gasteiger partial charge in [0, 0.05) is 0 Å². The van der Waals surface area contributed by atoms with Crippen molar-refractivity contribution in [2.24, 2.45) is 5.14 Å². The van der Waals surface area contributed by atoms with Crippen molar-refractivity contribution in [3.63, 3.8) is 0 Å². The number of primary sulfonamides is 1. The van der Waals surface area contributed by atoms with Gasteiger partial charge in [-0.05, 0) is 5.56 Å². The van der Waals surface area contributed by atoms with Gasteiger partial charge < -0.3 is 10.2 Å². The van der Waals surface area contributed by atoms with Gasteiger partial charge in [0.1, 0.15) is 0 Å². The molecule has 15 heavy (non-hydrogen) atoms. The zero-order valence-electron chi connectivity index (χ0n) is 7.70. The number of nitrogens with two attached hydrogens (primary N) is 1. The Balaban J connectivity index is 0.000000423. The average Bonchev–Trinajstić information content (AvgIpc) is 2.01. The van der Waals surface area contributed by atoms with Gasteiger partial charge in [-0.2, -0.15) is 0 Å². The first-order valence-corrected chi connectivity index (χ1v) is 5.49. The van der Waals surface area contributed by atoms with E-state index in [0.717, 1.165) is 5.56 Å². The fourth-order valence-electron chi connectivity index (χ4n) is 0.807. The maximum Gasteiger partial charge on any atom is 0.503 e. The van der Waals surface area contributed by atoms with E-state index in [1.54, 1.807) is 24.3 Å². The summed E-state index contributed by atoms with van der Waals surface area (Å²) in [5.41, 5.74) is 0.718. The topological polar surface area (TPSA) is 118 Å². The highest BCUT2D eigenvalue weighted by Crippen LogP contribution is 2.01. The second-order valence-corrected chi connectivity index (χ2v) is 4.19. The molecule has 84 valence electrons. The van der Waals surface area contributed by atoms with Gasteiger partial charge >= 0.3 is 6.16 Å². The van der Waals surface area contributed by atoms with E-state index >= 15 is 0 Å². The van der Waals surface area contributed by atoms with Gasteiger partial charge in [-0.15, -0.1) is 0 Å². The molecule has 0 heterocycles. The highest BCUT2D eigenvalue weighted by atomic mass is 32.2. The molecule has 0 spiro atoms. The van der Waals surface area contributed by atoms with Crippen LogP contribution in [0.25, 0.3) is 0 Å². The summed E-state index contributed by atoms with van der Waals surface area (Å²) in [5, 5.41) is 18.8. The van der Waals surface area contributed by atoms with Gasteiger partial charge in [-0.3, -0.25) is 0 Å². The number of carboxylic acid groups (broad SMARTS) is 2. The van der Waals surface area contributed by atoms with Gasteiger partial charge in [0.05, 0.1) is 5.75 Å². The molecular formula is C8H11NO5S. The summed E-state index contributed by atoms with van der Waals surface area (Å²) in [6, 6.07) is 8.84. The summed E-state index contributed by atoms with van der Waals surface area (Å²) < 4.78 is 21.2. The van der Waals surface area contributed by atoms with Crippen molar-refractivity contribution in [2.75, 3.05) is 0 Å². The van der Waals surface area contributed by atoms with Crippen molar-refractivity contribution in [1.82, 2.24) is 0 Å². The Morgan fingerprint density at radius 2 is 1.60 bits per heavy atom. The van der Waals surface area contributed by atoms with E-state index in [1.165, 1.54) is 0 Å². The number of rotatable bonds is 2. The molecule has 0 aliphatic rings. The van der Waals surface area contributed by atoms with Crippen molar-refractivity contribution >= 4 is 16.2 Å². The largest absolute Gasteiger partial charge is 0.503 e. The Morgan fingerprint density at radius 1 is 1.20 bits per heavy atom. The number of hydrogen-bond acceptors (Lipinski definition) is 3. The molecule has 1 aromatic carbocycles. The highest BCUT2D eigenvalue weighted by molar-refractivity contribution is 7.88. The third kappa shape index (κ3) is 10.3. The van der Waals surface area contributed by atoms with Crippen LogP contribution in [0.15, 0.2) is 30.3 Å². The zero-order chi connectivity index (χ0) is 11.9. The normalized spacial score (nSPS) is 9.93. The van der Waals surface area contributed by atoms with Gasteiger partial charge in [-0.1, -0.05) is 30.3 Å². The fourth-order valence-corrected chi connectivity index (χ4v) is 1.46. The van der Waals surface area contributed by atoms with E-state index in [1.807, 2.05) is 6.07 Å². The molecule has 0 atom stereocenters. The van der Waals surface area contributed by atoms with Crippen molar-refractivity contribution in [3.05, 3.63) is 35.9 Å². The Labute approximate surface area is 87.0 Å². The zero-order valence-corrected chi connectivity index (χ0v) is 8.52. The van der Waals surface area contributed by atoms with Crippen LogP contribution in [0.4, 0.5) is 4.79 Å². The third-order valence-corrected chi connectivity index (χ3v) is 1.95. The van der Waals surface area contributed by atoms with Gasteiger partial charge in [0.25, 0.3) is 0 Å². The minimum Gasteiger partial charge on any atom is -0.450 e. The van der Waals surface area contributed by atoms with E-state index in [9.17, 15) is 8.42 Å². The minimum atomic E-state index is -3.38. The summed E-state index contributed by atoms with van der Waals surface area (Å²) in [6.07, 6.45) is -1.83. The number of carbonyl (C=O) groups is 1. The van der Waals surface area contributed by atoms with Gasteiger partial charge in [0.2, 0.25) is 10.0 Å². The van der Waals surface area contributed by atoms with Crippen LogP contribution in [0.5, 0.6) is 0 Å². The lowest BCUT2D eigenvalue weighted by Gasteiger charge is -1.96. The first kappa shape index (κ1) is 13.4. The van der Waals surface area contributed by atoms with Crippen molar-refractivity contribution in [3.8, 4) is 0 Å². The van der Waals surface area contributed by atoms with Crippen molar-refractivity contribution in [2.45, 2.75) is 5.75 Å². The summed E-state index contributed by atoms with van der Waals surface area (Å²) >= 11 is 0. The van der Waals surface area contributed by atoms with Crippen LogP contribution in [-0.4, -0.2) is 24.8 Å². The van der Waals surface area contributed by atoms with E-state index in [0.29, 0.717) is 0 Å². The smallest absolute Gasteiger partial charge is 0.450 e. The first-order valence-electron chi connectivity index (χ1n) is 3.77. The van der Waals surface area contributed by atoms with Crippen molar-refractivity contribution in [1.29, 1.82) is 0 Å². The molecule has 0 aromatic heterocycles. The minimum absolute atomic E-state index is 0.0894. The average molecular weight is 233 g/mol. The Bertz CT molecular complexity index is 396. The van der Waals surface area contributed by atoms with Crippen LogP contribution in [-0.2, 0) is 15.8 Å². The quantitative estimate of drug-likeness (QED) is 0.694. The maximum atomic E-state index is 10.6. The van der Waals surface area contributed by atoms with E-state index in [2.05, 4.69) is 0 Å². The summed E-state index contributed by atoms with van der Waals surface area (Å²) in [6.45, 7) is 0. The van der Waals surface area contributed by atoms with E-state index in [4.69, 9.17) is 20.1 Å². The van der Waals surface area contributed by atoms with Crippen LogP contribution >= 0.6 is 0 Å². The molecule has 0 bridgehead atoms. The molecule has 0 unspecified atom stereocenters. The molecule has 7 heteroatoms. The Hall–Kier alpha value is -1.60. The number of benzene rings is 1. The van der Waals surface area contributed by atoms with Crippen LogP contribution in [0.1, 0.15) is 5.56 Å². The lowest BCUT2D eigenvalue weighted by atomic mass is 10.2. The fraction of sp³-hybridized carbons (Fsp3) is 0.125. The molecule has 0 fully saturated rings. The van der Waals surface area contributed by atoms with E-state index < -0.39 is 16.2 Å². The number of sulfonamides is 1. The SMILES string of the molecule is NS(=O)(=O)Cc1ccccc1.O=C(O)O. The summed E-state index contributed by atoms with van der Waals surface area (Å²) in [4.78, 5) is 8.56. The standard InChI is InChI=1S/C7H9NO2S.CH2O3/c8-11(9,10)6-7-4-2-1-3-5-7;2-1(3)4/h1-5H,6H2,(H2,8,9,10);(H2,2,3,4). The lowest BCUT2D eigenvalue weighted by molar-refractivity contribution is 0.137. The van der Waals surface area contributed by atoms with E-state index in [-0.39, 0.29) is 5.75 Å². The molecule has 0 aliphatic heterocycles. The Morgan fingerprint density at radius 3 is 1.93 bits per heavy atom. The Kier molecular flexibility index (Phi) is 5.35. The summed E-state index contributed by atoms with van der Waals surface area (Å²) in [7, 11) is -3.38. The molecule has 0 saturated carbocycles. The number of hydrogen-bond donors (Lipinski definition) is 3. The van der Waals surface area contributed by atoms with Crippen LogP contribution in [0, 0.1) is 0 Å². The molecule has 1 aromatic rings. The molecule has 0 aliphatic carbocycles. The molecule has 4 N–H and O–H groups in total. The van der Waals surface area contributed by atoms with Gasteiger partial charge in [0.15, 0.2) is 0 Å². The van der Waals surface area contributed by atoms with Crippen LogP contribution < -0.4 is 5.14 Å². The van der Waals surface area contributed by atoms with Crippen LogP contribution in [0.3, 0.4) is 0 Å². The van der Waals surface area contributed by atoms with Crippen LogP contribution in [0.2, 0.25) is 0 Å². The second kappa shape index (κ2) is 5.99. The second-order valence-electron chi connectivity index (χ2n) is 2.58. The molecule has 0 amide bonds. The highest BCUT2D eigenvalue weighted by Gasteiger charge is 2.02. The molecule has 0 radical (unpaired) electrons. The van der Waals surface area contributed by atoms with Crippen molar-refractivity contribution < 1.29 is 23.4 Å². The molecule has 0 saturated heterocycles. The maximum absolute atomic E-state index is 10.6. The first-order chi connectivity index (χ1) is 6.81.